The average Bonchev–Trinajstić information content (AvgIpc) is 3.31. The number of carbonyl (C=O) groups is 2. The van der Waals surface area contributed by atoms with Crippen molar-refractivity contribution in [3.8, 4) is 0 Å². The highest BCUT2D eigenvalue weighted by Gasteiger charge is 2.22. The molecule has 0 saturated carbocycles. The van der Waals surface area contributed by atoms with E-state index in [-0.39, 0.29) is 32.0 Å². The van der Waals surface area contributed by atoms with Gasteiger partial charge in [-0.05, 0) is 44.9 Å². The van der Waals surface area contributed by atoms with E-state index in [1.165, 1.54) is 199 Å². The van der Waals surface area contributed by atoms with Gasteiger partial charge in [-0.3, -0.25) is 14.2 Å². The molecule has 2 unspecified atom stereocenters. The maximum atomic E-state index is 12.8. The Hall–Kier alpha value is -1.51. The minimum atomic E-state index is -4.63. The van der Waals surface area contributed by atoms with Gasteiger partial charge in [0.25, 0.3) is 7.82 Å². The molecule has 0 aliphatic heterocycles. The molecule has 2 atom stereocenters. The molecule has 0 amide bonds. The van der Waals surface area contributed by atoms with Gasteiger partial charge in [0.1, 0.15) is 19.8 Å². The van der Waals surface area contributed by atoms with Crippen molar-refractivity contribution in [2.75, 3.05) is 47.5 Å². The number of esters is 2. The van der Waals surface area contributed by atoms with Crippen molar-refractivity contribution < 1.29 is 42.1 Å². The van der Waals surface area contributed by atoms with Gasteiger partial charge in [0, 0.05) is 12.8 Å². The van der Waals surface area contributed by atoms with Crippen molar-refractivity contribution in [2.45, 2.75) is 296 Å². The molecule has 0 spiro atoms. The van der Waals surface area contributed by atoms with Crippen LogP contribution in [0.25, 0.3) is 0 Å². The van der Waals surface area contributed by atoms with E-state index in [4.69, 9.17) is 18.5 Å². The molecule has 9 nitrogen and oxygen atoms in total. The zero-order valence-electron chi connectivity index (χ0n) is 46.3. The number of rotatable bonds is 55. The first-order valence-electron chi connectivity index (χ1n) is 29.5. The second kappa shape index (κ2) is 51.4. The topological polar surface area (TPSA) is 111 Å². The molecule has 408 valence electrons. The van der Waals surface area contributed by atoms with Crippen LogP contribution >= 0.6 is 7.82 Å². The van der Waals surface area contributed by atoms with Gasteiger partial charge in [0.05, 0.1) is 27.7 Å². The second-order valence-corrected chi connectivity index (χ2v) is 22.8. The number of phosphoric ester groups is 1. The zero-order valence-corrected chi connectivity index (χ0v) is 47.2. The van der Waals surface area contributed by atoms with Crippen LogP contribution in [0.1, 0.15) is 290 Å². The van der Waals surface area contributed by atoms with Crippen LogP contribution in [0.15, 0.2) is 24.3 Å². The van der Waals surface area contributed by atoms with Crippen molar-refractivity contribution in [2.24, 2.45) is 0 Å². The molecule has 0 bridgehead atoms. The highest BCUT2D eigenvalue weighted by molar-refractivity contribution is 7.45. The molecule has 0 N–H and O–H groups in total. The Balaban J connectivity index is 4.04. The number of hydrogen-bond acceptors (Lipinski definition) is 8. The fraction of sp³-hybridized carbons (Fsp3) is 0.898. The summed E-state index contributed by atoms with van der Waals surface area (Å²) in [6.07, 6.45) is 61.0. The van der Waals surface area contributed by atoms with Crippen molar-refractivity contribution >= 4 is 19.8 Å². The van der Waals surface area contributed by atoms with Crippen molar-refractivity contribution in [3.05, 3.63) is 24.3 Å². The molecule has 0 saturated heterocycles. The summed E-state index contributed by atoms with van der Waals surface area (Å²) in [6.45, 7) is 4.25. The van der Waals surface area contributed by atoms with Crippen molar-refractivity contribution in [1.82, 2.24) is 0 Å². The summed E-state index contributed by atoms with van der Waals surface area (Å²) in [5.74, 6) is -0.835. The van der Waals surface area contributed by atoms with Crippen LogP contribution in [0, 0.1) is 0 Å². The lowest BCUT2D eigenvalue weighted by molar-refractivity contribution is -0.870. The monoisotopic (exact) mass is 996 g/mol. The Morgan fingerprint density at radius 1 is 0.449 bits per heavy atom. The zero-order chi connectivity index (χ0) is 50.6. The molecule has 0 radical (unpaired) electrons. The van der Waals surface area contributed by atoms with Crippen LogP contribution < -0.4 is 4.89 Å². The largest absolute Gasteiger partial charge is 0.756 e. The average molecular weight is 997 g/mol. The van der Waals surface area contributed by atoms with E-state index in [2.05, 4.69) is 38.2 Å². The third kappa shape index (κ3) is 55.7. The standard InChI is InChI=1S/C59H114NO8P/c1-6-8-10-12-14-16-18-20-22-24-25-26-27-28-29-30-31-32-33-34-35-36-38-39-41-43-45-47-49-51-58(61)65-55-57(56-67-69(63,64)66-54-53-60(3,4)5)68-59(62)52-50-48-46-44-42-40-37-23-21-19-17-15-13-11-9-7-2/h17,19,23,37,57H,6-16,18,20-22,24-36,38-56H2,1-5H3/b19-17-,37-23-. The molecular formula is C59H114NO8P. The summed E-state index contributed by atoms with van der Waals surface area (Å²) in [6, 6.07) is 0. The number of hydrogen-bond donors (Lipinski definition) is 0. The van der Waals surface area contributed by atoms with E-state index in [1.807, 2.05) is 21.1 Å². The van der Waals surface area contributed by atoms with E-state index < -0.39 is 26.5 Å². The Morgan fingerprint density at radius 2 is 0.783 bits per heavy atom. The molecular weight excluding hydrogens is 882 g/mol. The molecule has 0 heterocycles. The van der Waals surface area contributed by atoms with Gasteiger partial charge in [0.2, 0.25) is 0 Å². The minimum absolute atomic E-state index is 0.0315. The van der Waals surface area contributed by atoms with Gasteiger partial charge in [-0.25, -0.2) is 0 Å². The summed E-state index contributed by atoms with van der Waals surface area (Å²) < 4.78 is 34.1. The maximum Gasteiger partial charge on any atom is 0.306 e. The molecule has 0 aromatic rings. The van der Waals surface area contributed by atoms with Gasteiger partial charge >= 0.3 is 11.9 Å². The van der Waals surface area contributed by atoms with Crippen LogP contribution in [0.4, 0.5) is 0 Å². The van der Waals surface area contributed by atoms with E-state index in [9.17, 15) is 19.0 Å². The van der Waals surface area contributed by atoms with Gasteiger partial charge < -0.3 is 27.9 Å². The number of allylic oxidation sites excluding steroid dienone is 4. The quantitative estimate of drug-likeness (QED) is 0.0195. The predicted molar refractivity (Wildman–Crippen MR) is 291 cm³/mol. The van der Waals surface area contributed by atoms with Gasteiger partial charge in [-0.1, -0.05) is 256 Å². The van der Waals surface area contributed by atoms with E-state index in [1.54, 1.807) is 0 Å². The third-order valence-corrected chi connectivity index (χ3v) is 14.2. The summed E-state index contributed by atoms with van der Waals surface area (Å²) in [7, 11) is 1.17. The van der Waals surface area contributed by atoms with Gasteiger partial charge in [-0.2, -0.15) is 0 Å². The Morgan fingerprint density at radius 3 is 1.16 bits per heavy atom. The van der Waals surface area contributed by atoms with Crippen LogP contribution in [-0.2, 0) is 32.7 Å². The number of unbranched alkanes of at least 4 members (excludes halogenated alkanes) is 37. The van der Waals surface area contributed by atoms with Crippen LogP contribution in [-0.4, -0.2) is 70.0 Å². The third-order valence-electron chi connectivity index (χ3n) is 13.2. The molecule has 0 aromatic carbocycles. The Labute approximate surface area is 428 Å². The SMILES string of the molecule is CCCCCC/C=C\C/C=C\CCCCCCCC(=O)OC(COC(=O)CCCCCCCCCCCCCCCCCCCCCCCCCCCCCCC)COP(=O)([O-])OCC[N+](C)(C)C. The number of ether oxygens (including phenoxy) is 2. The fourth-order valence-electron chi connectivity index (χ4n) is 8.63. The summed E-state index contributed by atoms with van der Waals surface area (Å²) in [4.78, 5) is 37.8. The molecule has 0 fully saturated rings. The van der Waals surface area contributed by atoms with Crippen LogP contribution in [0.5, 0.6) is 0 Å². The second-order valence-electron chi connectivity index (χ2n) is 21.4. The maximum absolute atomic E-state index is 12.8. The van der Waals surface area contributed by atoms with Crippen molar-refractivity contribution in [3.63, 3.8) is 0 Å². The first-order valence-corrected chi connectivity index (χ1v) is 31.0. The number of phosphoric acid groups is 1. The minimum Gasteiger partial charge on any atom is -0.756 e. The van der Waals surface area contributed by atoms with E-state index >= 15 is 0 Å². The van der Waals surface area contributed by atoms with E-state index in [0.29, 0.717) is 17.4 Å². The summed E-state index contributed by atoms with van der Waals surface area (Å²) in [5, 5.41) is 0. The molecule has 0 aliphatic rings. The lowest BCUT2D eigenvalue weighted by Gasteiger charge is -2.28. The van der Waals surface area contributed by atoms with Crippen LogP contribution in [0.3, 0.4) is 0 Å². The predicted octanol–water partition coefficient (Wildman–Crippen LogP) is 17.6. The molecule has 10 heteroatoms. The summed E-state index contributed by atoms with van der Waals surface area (Å²) >= 11 is 0. The van der Waals surface area contributed by atoms with Crippen molar-refractivity contribution in [1.29, 1.82) is 0 Å². The lowest BCUT2D eigenvalue weighted by atomic mass is 10.0. The number of carbonyl (C=O) groups excluding carboxylic acids is 2. The highest BCUT2D eigenvalue weighted by Crippen LogP contribution is 2.38. The normalized spacial score (nSPS) is 13.4. The van der Waals surface area contributed by atoms with Gasteiger partial charge in [0.15, 0.2) is 6.10 Å². The first kappa shape index (κ1) is 67.5. The molecule has 0 aromatic heterocycles. The van der Waals surface area contributed by atoms with Crippen LogP contribution in [0.2, 0.25) is 0 Å². The Bertz CT molecular complexity index is 1220. The molecule has 0 aliphatic carbocycles. The molecule has 0 rings (SSSR count). The fourth-order valence-corrected chi connectivity index (χ4v) is 9.36. The number of nitrogens with zero attached hydrogens (tertiary/aromatic N) is 1. The lowest BCUT2D eigenvalue weighted by Crippen LogP contribution is -2.37. The highest BCUT2D eigenvalue weighted by atomic mass is 31.2. The summed E-state index contributed by atoms with van der Waals surface area (Å²) in [5.41, 5.74) is 0. The first-order chi connectivity index (χ1) is 33.5. The number of likely N-dealkylation sites (N-methyl/N-ethyl adjacent to an activating group) is 1. The van der Waals surface area contributed by atoms with E-state index in [0.717, 1.165) is 57.8 Å². The molecule has 69 heavy (non-hydrogen) atoms. The smallest absolute Gasteiger partial charge is 0.306 e. The van der Waals surface area contributed by atoms with Gasteiger partial charge in [-0.15, -0.1) is 0 Å². The Kier molecular flexibility index (Phi) is 50.3. The number of quaternary nitrogens is 1.